The number of aromatic nitrogens is 3. The first-order chi connectivity index (χ1) is 10.6. The van der Waals surface area contributed by atoms with Gasteiger partial charge in [-0.25, -0.2) is 4.98 Å². The van der Waals surface area contributed by atoms with Gasteiger partial charge in [-0.15, -0.1) is 0 Å². The number of hydrogen-bond acceptors (Lipinski definition) is 5. The summed E-state index contributed by atoms with van der Waals surface area (Å²) in [4.78, 5) is 16.1. The molecule has 110 valence electrons. The summed E-state index contributed by atoms with van der Waals surface area (Å²) in [5.74, 6) is -0.460. The first-order valence-electron chi connectivity index (χ1n) is 6.60. The number of aliphatic hydroxyl groups excluding tert-OH is 1. The number of hydrogen-bond donors (Lipinski definition) is 2. The van der Waals surface area contributed by atoms with E-state index in [0.717, 1.165) is 17.2 Å². The molecule has 0 fully saturated rings. The fourth-order valence-corrected chi connectivity index (χ4v) is 2.13. The standard InChI is InChI=1S/C16H13N3O3/c1-10-3-2-4-11(7-10)12-5-6-22-15(12)13(20)8-14(21)16-17-9-18-19-16/h2-9,21H,1H3,(H,17,18,19). The summed E-state index contributed by atoms with van der Waals surface area (Å²) in [5.41, 5.74) is 2.64. The molecule has 0 saturated carbocycles. The van der Waals surface area contributed by atoms with Gasteiger partial charge >= 0.3 is 0 Å². The van der Waals surface area contributed by atoms with Gasteiger partial charge in [0.1, 0.15) is 6.33 Å². The zero-order valence-corrected chi connectivity index (χ0v) is 11.8. The third-order valence-electron chi connectivity index (χ3n) is 3.14. The average Bonchev–Trinajstić information content (AvgIpc) is 3.18. The highest BCUT2D eigenvalue weighted by atomic mass is 16.3. The molecular weight excluding hydrogens is 282 g/mol. The highest BCUT2D eigenvalue weighted by molar-refractivity contribution is 6.09. The number of nitrogens with zero attached hydrogens (tertiary/aromatic N) is 2. The Kier molecular flexibility index (Phi) is 3.57. The fraction of sp³-hybridized carbons (Fsp3) is 0.0625. The van der Waals surface area contributed by atoms with Gasteiger partial charge in [0.2, 0.25) is 5.78 Å². The largest absolute Gasteiger partial charge is 0.504 e. The normalized spacial score (nSPS) is 11.6. The van der Waals surface area contributed by atoms with Crippen LogP contribution < -0.4 is 0 Å². The number of aryl methyl sites for hydroxylation is 1. The van der Waals surface area contributed by atoms with Crippen LogP contribution in [0.5, 0.6) is 0 Å². The highest BCUT2D eigenvalue weighted by Crippen LogP contribution is 2.26. The lowest BCUT2D eigenvalue weighted by atomic mass is 10.0. The maximum absolute atomic E-state index is 12.3. The molecule has 0 amide bonds. The van der Waals surface area contributed by atoms with Gasteiger partial charge in [-0.2, -0.15) is 5.10 Å². The number of benzene rings is 1. The summed E-state index contributed by atoms with van der Waals surface area (Å²) in [6, 6.07) is 9.46. The molecule has 0 radical (unpaired) electrons. The molecule has 0 aliphatic heterocycles. The predicted molar refractivity (Wildman–Crippen MR) is 80.2 cm³/mol. The summed E-state index contributed by atoms with van der Waals surface area (Å²) in [6.07, 6.45) is 3.75. The van der Waals surface area contributed by atoms with Crippen molar-refractivity contribution >= 4 is 11.5 Å². The second-order valence-corrected chi connectivity index (χ2v) is 4.76. The Morgan fingerprint density at radius 2 is 2.23 bits per heavy atom. The second-order valence-electron chi connectivity index (χ2n) is 4.76. The summed E-state index contributed by atoms with van der Waals surface area (Å²) in [6.45, 7) is 1.97. The number of furan rings is 1. The lowest BCUT2D eigenvalue weighted by molar-refractivity contribution is 0.102. The van der Waals surface area contributed by atoms with Crippen LogP contribution in [0.2, 0.25) is 0 Å². The topological polar surface area (TPSA) is 92.0 Å². The van der Waals surface area contributed by atoms with Crippen LogP contribution in [0.3, 0.4) is 0 Å². The van der Waals surface area contributed by atoms with Gasteiger partial charge < -0.3 is 9.52 Å². The van der Waals surface area contributed by atoms with Crippen molar-refractivity contribution in [1.29, 1.82) is 0 Å². The summed E-state index contributed by atoms with van der Waals surface area (Å²) >= 11 is 0. The maximum Gasteiger partial charge on any atom is 0.225 e. The van der Waals surface area contributed by atoms with Gasteiger partial charge in [-0.05, 0) is 18.6 Å². The first-order valence-corrected chi connectivity index (χ1v) is 6.60. The average molecular weight is 295 g/mol. The summed E-state index contributed by atoms with van der Waals surface area (Å²) in [7, 11) is 0. The van der Waals surface area contributed by atoms with Crippen LogP contribution in [0, 0.1) is 6.92 Å². The van der Waals surface area contributed by atoms with E-state index in [2.05, 4.69) is 15.2 Å². The monoisotopic (exact) mass is 295 g/mol. The number of ketones is 1. The first kappa shape index (κ1) is 13.8. The second kappa shape index (κ2) is 5.69. The molecule has 0 bridgehead atoms. The van der Waals surface area contributed by atoms with E-state index in [4.69, 9.17) is 4.42 Å². The number of aliphatic hydroxyl groups is 1. The number of nitrogens with one attached hydrogen (secondary N) is 1. The molecule has 0 spiro atoms. The number of carbonyl (C=O) groups is 1. The number of H-pyrrole nitrogens is 1. The smallest absolute Gasteiger partial charge is 0.225 e. The van der Waals surface area contributed by atoms with Crippen LogP contribution >= 0.6 is 0 Å². The van der Waals surface area contributed by atoms with E-state index in [1.54, 1.807) is 6.07 Å². The Morgan fingerprint density at radius 3 is 2.95 bits per heavy atom. The molecule has 2 N–H and O–H groups in total. The van der Waals surface area contributed by atoms with Crippen molar-refractivity contribution < 1.29 is 14.3 Å². The van der Waals surface area contributed by atoms with Crippen LogP contribution in [0.1, 0.15) is 21.9 Å². The van der Waals surface area contributed by atoms with Crippen molar-refractivity contribution in [2.24, 2.45) is 0 Å². The summed E-state index contributed by atoms with van der Waals surface area (Å²) in [5, 5.41) is 15.9. The molecule has 2 aromatic heterocycles. The van der Waals surface area contributed by atoms with Crippen molar-refractivity contribution in [3.63, 3.8) is 0 Å². The van der Waals surface area contributed by atoms with Crippen molar-refractivity contribution in [3.05, 3.63) is 66.1 Å². The van der Waals surface area contributed by atoms with Crippen LogP contribution in [0.4, 0.5) is 0 Å². The molecule has 0 unspecified atom stereocenters. The van der Waals surface area contributed by atoms with Gasteiger partial charge in [-0.3, -0.25) is 9.89 Å². The molecule has 1 aromatic carbocycles. The molecule has 22 heavy (non-hydrogen) atoms. The Bertz CT molecular complexity index is 832. The third kappa shape index (κ3) is 2.67. The molecule has 0 aliphatic rings. The summed E-state index contributed by atoms with van der Waals surface area (Å²) < 4.78 is 5.29. The quantitative estimate of drug-likeness (QED) is 0.438. The van der Waals surface area contributed by atoms with Gasteiger partial charge in [0.05, 0.1) is 6.26 Å². The minimum atomic E-state index is -0.449. The Balaban J connectivity index is 1.95. The molecule has 6 nitrogen and oxygen atoms in total. The van der Waals surface area contributed by atoms with Crippen LogP contribution in [0.15, 0.2) is 53.4 Å². The molecule has 3 rings (SSSR count). The minimum Gasteiger partial charge on any atom is -0.504 e. The van der Waals surface area contributed by atoms with Crippen LogP contribution in [-0.2, 0) is 0 Å². The molecule has 0 saturated heterocycles. The third-order valence-corrected chi connectivity index (χ3v) is 3.14. The Labute approximate surface area is 126 Å². The number of rotatable bonds is 4. The molecule has 2 heterocycles. The van der Waals surface area contributed by atoms with E-state index in [0.29, 0.717) is 5.56 Å². The highest BCUT2D eigenvalue weighted by Gasteiger charge is 2.17. The van der Waals surface area contributed by atoms with Gasteiger partial charge in [0.15, 0.2) is 17.3 Å². The zero-order chi connectivity index (χ0) is 15.5. The van der Waals surface area contributed by atoms with Crippen molar-refractivity contribution in [3.8, 4) is 11.1 Å². The lowest BCUT2D eigenvalue weighted by Crippen LogP contribution is -1.98. The van der Waals surface area contributed by atoms with Crippen LogP contribution in [0.25, 0.3) is 16.9 Å². The van der Waals surface area contributed by atoms with Gasteiger partial charge in [-0.1, -0.05) is 29.8 Å². The van der Waals surface area contributed by atoms with Crippen molar-refractivity contribution in [1.82, 2.24) is 15.2 Å². The maximum atomic E-state index is 12.3. The van der Waals surface area contributed by atoms with E-state index < -0.39 is 5.78 Å². The van der Waals surface area contributed by atoms with E-state index in [1.807, 2.05) is 31.2 Å². The molecular formula is C16H13N3O3. The Hall–Kier alpha value is -3.15. The van der Waals surface area contributed by atoms with Crippen molar-refractivity contribution in [2.45, 2.75) is 6.92 Å². The van der Waals surface area contributed by atoms with Crippen LogP contribution in [-0.4, -0.2) is 26.1 Å². The fourth-order valence-electron chi connectivity index (χ4n) is 2.13. The molecule has 6 heteroatoms. The van der Waals surface area contributed by atoms with E-state index in [-0.39, 0.29) is 17.3 Å². The molecule has 0 atom stereocenters. The van der Waals surface area contributed by atoms with E-state index in [9.17, 15) is 9.90 Å². The van der Waals surface area contributed by atoms with Gasteiger partial charge in [0.25, 0.3) is 0 Å². The van der Waals surface area contributed by atoms with E-state index >= 15 is 0 Å². The Morgan fingerprint density at radius 1 is 1.36 bits per heavy atom. The van der Waals surface area contributed by atoms with Crippen molar-refractivity contribution in [2.75, 3.05) is 0 Å². The SMILES string of the molecule is Cc1cccc(-c2ccoc2C(=O)C=C(O)c2ncn[nH]2)c1. The minimum absolute atomic E-state index is 0.122. The predicted octanol–water partition coefficient (Wildman–Crippen LogP) is 3.15. The van der Waals surface area contributed by atoms with E-state index in [1.165, 1.54) is 12.6 Å². The molecule has 0 aliphatic carbocycles. The number of allylic oxidation sites excluding steroid dienone is 1. The lowest BCUT2D eigenvalue weighted by Gasteiger charge is -2.02. The molecule has 3 aromatic rings. The number of carbonyl (C=O) groups excluding carboxylic acids is 1. The zero-order valence-electron chi connectivity index (χ0n) is 11.8. The number of aromatic amines is 1. The van der Waals surface area contributed by atoms with Gasteiger partial charge in [0, 0.05) is 11.6 Å².